The van der Waals surface area contributed by atoms with Crippen molar-refractivity contribution in [3.05, 3.63) is 28.0 Å². The fourth-order valence-corrected chi connectivity index (χ4v) is 0.952. The predicted octanol–water partition coefficient (Wildman–Crippen LogP) is 2.60. The summed E-state index contributed by atoms with van der Waals surface area (Å²) < 4.78 is 0.872. The van der Waals surface area contributed by atoms with Crippen LogP contribution in [0, 0.1) is 6.92 Å². The summed E-state index contributed by atoms with van der Waals surface area (Å²) in [6.45, 7) is 5.87. The second-order valence-corrected chi connectivity index (χ2v) is 2.81. The zero-order valence-corrected chi connectivity index (χ0v) is 10.5. The molecule has 0 aliphatic rings. The number of halogens is 1. The molecule has 0 saturated carbocycles. The molecule has 0 atom stereocenters. The van der Waals surface area contributed by atoms with Crippen LogP contribution in [0.1, 0.15) is 29.9 Å². The van der Waals surface area contributed by atoms with Gasteiger partial charge in [0.15, 0.2) is 6.29 Å². The van der Waals surface area contributed by atoms with Crippen molar-refractivity contribution in [1.29, 1.82) is 0 Å². The van der Waals surface area contributed by atoms with Gasteiger partial charge in [0.05, 0.1) is 5.69 Å². The minimum absolute atomic E-state index is 0.595. The Kier molecular flexibility index (Phi) is 11.6. The van der Waals surface area contributed by atoms with Crippen molar-refractivity contribution < 1.29 is 9.90 Å². The number of pyridine rings is 1. The summed E-state index contributed by atoms with van der Waals surface area (Å²) >= 11 is 3.27. The van der Waals surface area contributed by atoms with Gasteiger partial charge in [0.25, 0.3) is 0 Å². The molecule has 0 unspecified atom stereocenters. The summed E-state index contributed by atoms with van der Waals surface area (Å²) in [6.07, 6.45) is 2.32. The highest BCUT2D eigenvalue weighted by atomic mass is 79.9. The first-order chi connectivity index (χ1) is 6.74. The van der Waals surface area contributed by atoms with Crippen LogP contribution in [0.5, 0.6) is 0 Å². The Morgan fingerprint density at radius 2 is 1.93 bits per heavy atom. The minimum atomic E-state index is 0.595. The van der Waals surface area contributed by atoms with Crippen molar-refractivity contribution in [3.8, 4) is 0 Å². The number of aromatic nitrogens is 1. The first kappa shape index (κ1) is 15.7. The fraction of sp³-hybridized carbons (Fsp3) is 0.400. The lowest BCUT2D eigenvalue weighted by Gasteiger charge is -1.95. The number of hydrogen-bond acceptors (Lipinski definition) is 3. The van der Waals surface area contributed by atoms with E-state index in [1.807, 2.05) is 20.8 Å². The molecular weight excluding hydrogens is 246 g/mol. The van der Waals surface area contributed by atoms with Crippen molar-refractivity contribution >= 4 is 22.2 Å². The maximum absolute atomic E-state index is 10.2. The predicted molar refractivity (Wildman–Crippen MR) is 61.6 cm³/mol. The SMILES string of the molecule is CC.CO.Cc1ncc(C=O)cc1Br. The van der Waals surface area contributed by atoms with Gasteiger partial charge in [0.2, 0.25) is 0 Å². The van der Waals surface area contributed by atoms with Gasteiger partial charge in [0, 0.05) is 23.3 Å². The zero-order valence-electron chi connectivity index (χ0n) is 8.91. The number of aliphatic hydroxyl groups is 1. The van der Waals surface area contributed by atoms with E-state index < -0.39 is 0 Å². The molecule has 1 aromatic heterocycles. The van der Waals surface area contributed by atoms with E-state index in [0.29, 0.717) is 5.56 Å². The summed E-state index contributed by atoms with van der Waals surface area (Å²) in [7, 11) is 1.00. The van der Waals surface area contributed by atoms with E-state index in [4.69, 9.17) is 5.11 Å². The van der Waals surface area contributed by atoms with Crippen LogP contribution in [0.3, 0.4) is 0 Å². The summed E-state index contributed by atoms with van der Waals surface area (Å²) in [5, 5.41) is 7.00. The average Bonchev–Trinajstić information content (AvgIpc) is 2.28. The van der Waals surface area contributed by atoms with E-state index in [1.165, 1.54) is 0 Å². The van der Waals surface area contributed by atoms with Gasteiger partial charge in [0.1, 0.15) is 0 Å². The van der Waals surface area contributed by atoms with Gasteiger partial charge < -0.3 is 5.11 Å². The van der Waals surface area contributed by atoms with Gasteiger partial charge in [-0.3, -0.25) is 9.78 Å². The maximum Gasteiger partial charge on any atom is 0.151 e. The number of aryl methyl sites for hydroxylation is 1. The maximum atomic E-state index is 10.2. The van der Waals surface area contributed by atoms with Crippen molar-refractivity contribution in [2.75, 3.05) is 7.11 Å². The quantitative estimate of drug-likeness (QED) is 0.791. The number of hydrogen-bond donors (Lipinski definition) is 1. The lowest BCUT2D eigenvalue weighted by molar-refractivity contribution is 0.112. The van der Waals surface area contributed by atoms with E-state index in [-0.39, 0.29) is 0 Å². The molecule has 0 amide bonds. The highest BCUT2D eigenvalue weighted by Crippen LogP contribution is 2.13. The Morgan fingerprint density at radius 3 is 2.29 bits per heavy atom. The third kappa shape index (κ3) is 5.83. The molecule has 1 heterocycles. The molecule has 80 valence electrons. The molecule has 0 saturated heterocycles. The molecule has 0 radical (unpaired) electrons. The molecule has 1 rings (SSSR count). The standard InChI is InChI=1S/C7H6BrNO.C2H6.CH4O/c1-5-7(8)2-6(4-10)3-9-5;2*1-2/h2-4H,1H3;1-2H3;2H,1H3. The Morgan fingerprint density at radius 1 is 1.43 bits per heavy atom. The largest absolute Gasteiger partial charge is 0.400 e. The Bertz CT molecular complexity index is 264. The lowest BCUT2D eigenvalue weighted by Crippen LogP contribution is -1.86. The van der Waals surface area contributed by atoms with Crippen LogP contribution in [-0.2, 0) is 0 Å². The highest BCUT2D eigenvalue weighted by Gasteiger charge is 1.95. The first-order valence-corrected chi connectivity index (χ1v) is 5.05. The number of rotatable bonds is 1. The molecule has 1 aromatic rings. The van der Waals surface area contributed by atoms with Crippen LogP contribution in [0.15, 0.2) is 16.7 Å². The summed E-state index contributed by atoms with van der Waals surface area (Å²) in [5.41, 5.74) is 1.49. The molecular formula is C10H16BrNO2. The minimum Gasteiger partial charge on any atom is -0.400 e. The number of aliphatic hydroxyl groups excluding tert-OH is 1. The van der Waals surface area contributed by atoms with Crippen molar-refractivity contribution in [2.24, 2.45) is 0 Å². The molecule has 0 aliphatic carbocycles. The third-order valence-corrected chi connectivity index (χ3v) is 1.99. The van der Waals surface area contributed by atoms with Gasteiger partial charge in [-0.05, 0) is 28.9 Å². The van der Waals surface area contributed by atoms with Crippen LogP contribution in [-0.4, -0.2) is 23.5 Å². The molecule has 0 fully saturated rings. The molecule has 0 aromatic carbocycles. The second-order valence-electron chi connectivity index (χ2n) is 1.95. The lowest BCUT2D eigenvalue weighted by atomic mass is 10.3. The summed E-state index contributed by atoms with van der Waals surface area (Å²) in [4.78, 5) is 14.2. The van der Waals surface area contributed by atoms with Crippen LogP contribution >= 0.6 is 15.9 Å². The molecule has 3 nitrogen and oxygen atoms in total. The van der Waals surface area contributed by atoms with E-state index in [9.17, 15) is 4.79 Å². The van der Waals surface area contributed by atoms with E-state index >= 15 is 0 Å². The Balaban J connectivity index is 0. The zero-order chi connectivity index (χ0) is 11.6. The summed E-state index contributed by atoms with van der Waals surface area (Å²) in [6, 6.07) is 1.75. The van der Waals surface area contributed by atoms with Crippen LogP contribution in [0.25, 0.3) is 0 Å². The monoisotopic (exact) mass is 261 g/mol. The van der Waals surface area contributed by atoms with E-state index in [2.05, 4.69) is 20.9 Å². The molecule has 4 heteroatoms. The average molecular weight is 262 g/mol. The van der Waals surface area contributed by atoms with Gasteiger partial charge in [-0.1, -0.05) is 13.8 Å². The Hall–Kier alpha value is -0.740. The number of aldehydes is 1. The van der Waals surface area contributed by atoms with Crippen molar-refractivity contribution in [3.63, 3.8) is 0 Å². The first-order valence-electron chi connectivity index (χ1n) is 4.26. The smallest absolute Gasteiger partial charge is 0.151 e. The summed E-state index contributed by atoms with van der Waals surface area (Å²) in [5.74, 6) is 0. The van der Waals surface area contributed by atoms with Crippen molar-refractivity contribution in [2.45, 2.75) is 20.8 Å². The topological polar surface area (TPSA) is 50.2 Å². The van der Waals surface area contributed by atoms with Gasteiger partial charge in [-0.2, -0.15) is 0 Å². The number of carbonyl (C=O) groups excluding carboxylic acids is 1. The molecule has 14 heavy (non-hydrogen) atoms. The number of carbonyl (C=O) groups is 1. The van der Waals surface area contributed by atoms with E-state index in [0.717, 1.165) is 23.6 Å². The van der Waals surface area contributed by atoms with Crippen LogP contribution in [0.2, 0.25) is 0 Å². The number of nitrogens with zero attached hydrogens (tertiary/aromatic N) is 1. The third-order valence-electron chi connectivity index (χ3n) is 1.18. The Labute approximate surface area is 93.3 Å². The molecule has 0 spiro atoms. The van der Waals surface area contributed by atoms with Gasteiger partial charge in [-0.25, -0.2) is 0 Å². The second kappa shape index (κ2) is 10.3. The molecule has 0 bridgehead atoms. The highest BCUT2D eigenvalue weighted by molar-refractivity contribution is 9.10. The van der Waals surface area contributed by atoms with Gasteiger partial charge >= 0.3 is 0 Å². The van der Waals surface area contributed by atoms with Crippen LogP contribution < -0.4 is 0 Å². The molecule has 0 aliphatic heterocycles. The van der Waals surface area contributed by atoms with Crippen LogP contribution in [0.4, 0.5) is 0 Å². The molecule has 1 N–H and O–H groups in total. The fourth-order valence-electron chi connectivity index (χ4n) is 0.586. The van der Waals surface area contributed by atoms with Gasteiger partial charge in [-0.15, -0.1) is 0 Å². The van der Waals surface area contributed by atoms with Crippen molar-refractivity contribution in [1.82, 2.24) is 4.98 Å². The van der Waals surface area contributed by atoms with E-state index in [1.54, 1.807) is 12.3 Å². The normalized spacial score (nSPS) is 7.57.